The molecule has 1 aliphatic heterocycles. The molecule has 0 spiro atoms. The summed E-state index contributed by atoms with van der Waals surface area (Å²) in [5.41, 5.74) is 0.640. The van der Waals surface area contributed by atoms with Gasteiger partial charge in [-0.1, -0.05) is 0 Å². The average molecular weight is 232 g/mol. The molecule has 1 aliphatic rings. The Morgan fingerprint density at radius 2 is 2.24 bits per heavy atom. The van der Waals surface area contributed by atoms with Gasteiger partial charge in [-0.15, -0.1) is 0 Å². The van der Waals surface area contributed by atoms with Crippen LogP contribution in [0.25, 0.3) is 0 Å². The van der Waals surface area contributed by atoms with Crippen molar-refractivity contribution in [3.63, 3.8) is 0 Å². The van der Waals surface area contributed by atoms with Crippen molar-refractivity contribution in [2.24, 2.45) is 0 Å². The molecule has 5 heteroatoms. The van der Waals surface area contributed by atoms with Crippen molar-refractivity contribution in [2.45, 2.75) is 12.0 Å². The fourth-order valence-electron chi connectivity index (χ4n) is 1.70. The molecule has 0 amide bonds. The molecule has 2 heterocycles. The molecule has 0 N–H and O–H groups in total. The first-order chi connectivity index (χ1) is 8.33. The minimum atomic E-state index is -0.815. The lowest BCUT2D eigenvalue weighted by atomic mass is 9.94. The smallest absolute Gasteiger partial charge is 0.185 e. The summed E-state index contributed by atoms with van der Waals surface area (Å²) in [6.07, 6.45) is 2.48. The standard InChI is InChI=1S/C12H12N2O3/c13-7-10(9-1-3-14-4-2-9)12(15)11-8-16-5-6-17-11/h1-4,10-11H,5-6,8H2. The van der Waals surface area contributed by atoms with Gasteiger partial charge in [0, 0.05) is 12.4 Å². The fraction of sp³-hybridized carbons (Fsp3) is 0.417. The SMILES string of the molecule is N#CC(C(=O)C1COCCO1)c1ccncc1. The van der Waals surface area contributed by atoms with Crippen molar-refractivity contribution in [1.29, 1.82) is 5.26 Å². The topological polar surface area (TPSA) is 72.2 Å². The van der Waals surface area contributed by atoms with E-state index in [1.807, 2.05) is 6.07 Å². The predicted octanol–water partition coefficient (Wildman–Crippen LogP) is 0.673. The quantitative estimate of drug-likeness (QED) is 0.766. The molecule has 1 aromatic rings. The van der Waals surface area contributed by atoms with Crippen molar-refractivity contribution in [1.82, 2.24) is 4.98 Å². The molecule has 1 fully saturated rings. The molecule has 5 nitrogen and oxygen atoms in total. The van der Waals surface area contributed by atoms with Gasteiger partial charge in [0.15, 0.2) is 5.78 Å². The summed E-state index contributed by atoms with van der Waals surface area (Å²) in [6.45, 7) is 1.11. The number of pyridine rings is 1. The predicted molar refractivity (Wildman–Crippen MR) is 58.2 cm³/mol. The van der Waals surface area contributed by atoms with Gasteiger partial charge in [-0.25, -0.2) is 0 Å². The maximum Gasteiger partial charge on any atom is 0.185 e. The highest BCUT2D eigenvalue weighted by atomic mass is 16.6. The lowest BCUT2D eigenvalue weighted by Gasteiger charge is -2.23. The number of aromatic nitrogens is 1. The first-order valence-corrected chi connectivity index (χ1v) is 5.35. The van der Waals surface area contributed by atoms with Crippen LogP contribution >= 0.6 is 0 Å². The largest absolute Gasteiger partial charge is 0.376 e. The molecule has 2 unspecified atom stereocenters. The van der Waals surface area contributed by atoms with E-state index in [0.29, 0.717) is 18.8 Å². The van der Waals surface area contributed by atoms with Crippen molar-refractivity contribution in [2.75, 3.05) is 19.8 Å². The molecular formula is C12H12N2O3. The van der Waals surface area contributed by atoms with Crippen LogP contribution in [0.4, 0.5) is 0 Å². The second kappa shape index (κ2) is 5.53. The number of hydrogen-bond donors (Lipinski definition) is 0. The average Bonchev–Trinajstić information content (AvgIpc) is 2.42. The van der Waals surface area contributed by atoms with Crippen LogP contribution < -0.4 is 0 Å². The van der Waals surface area contributed by atoms with Gasteiger partial charge in [-0.05, 0) is 17.7 Å². The molecule has 2 rings (SSSR count). The summed E-state index contributed by atoms with van der Waals surface area (Å²) in [5.74, 6) is -1.07. The number of carbonyl (C=O) groups excluding carboxylic acids is 1. The van der Waals surface area contributed by atoms with Crippen molar-refractivity contribution < 1.29 is 14.3 Å². The number of hydrogen-bond acceptors (Lipinski definition) is 5. The van der Waals surface area contributed by atoms with E-state index in [0.717, 1.165) is 0 Å². The number of nitrogens with zero attached hydrogens (tertiary/aromatic N) is 2. The minimum absolute atomic E-state index is 0.224. The minimum Gasteiger partial charge on any atom is -0.376 e. The number of ether oxygens (including phenoxy) is 2. The van der Waals surface area contributed by atoms with Gasteiger partial charge in [-0.2, -0.15) is 5.26 Å². The summed E-state index contributed by atoms with van der Waals surface area (Å²) in [6, 6.07) is 5.33. The molecule has 1 saturated heterocycles. The van der Waals surface area contributed by atoms with Gasteiger partial charge < -0.3 is 9.47 Å². The van der Waals surface area contributed by atoms with E-state index >= 15 is 0 Å². The normalized spacial score (nSPS) is 21.5. The van der Waals surface area contributed by atoms with Crippen molar-refractivity contribution >= 4 is 5.78 Å². The van der Waals surface area contributed by atoms with E-state index in [1.54, 1.807) is 24.5 Å². The Labute approximate surface area is 99.0 Å². The van der Waals surface area contributed by atoms with E-state index in [9.17, 15) is 4.79 Å². The maximum atomic E-state index is 12.1. The summed E-state index contributed by atoms with van der Waals surface area (Å²) < 4.78 is 10.5. The molecule has 0 radical (unpaired) electrons. The number of rotatable bonds is 3. The Balaban J connectivity index is 2.13. The molecule has 88 valence electrons. The molecular weight excluding hydrogens is 220 g/mol. The third-order valence-electron chi connectivity index (χ3n) is 2.59. The van der Waals surface area contributed by atoms with E-state index in [-0.39, 0.29) is 12.4 Å². The Hall–Kier alpha value is -1.77. The van der Waals surface area contributed by atoms with Crippen LogP contribution in [0.2, 0.25) is 0 Å². The monoisotopic (exact) mass is 232 g/mol. The summed E-state index contributed by atoms with van der Waals surface area (Å²) >= 11 is 0. The molecule has 1 aromatic heterocycles. The molecule has 17 heavy (non-hydrogen) atoms. The summed E-state index contributed by atoms with van der Waals surface area (Å²) in [5, 5.41) is 9.09. The number of Topliss-reactive ketones (excluding diaryl/α,β-unsaturated/α-hetero) is 1. The third-order valence-corrected chi connectivity index (χ3v) is 2.59. The van der Waals surface area contributed by atoms with E-state index in [2.05, 4.69) is 4.98 Å². The highest BCUT2D eigenvalue weighted by molar-refractivity contribution is 5.92. The molecule has 0 aromatic carbocycles. The zero-order valence-electron chi connectivity index (χ0n) is 9.20. The third kappa shape index (κ3) is 2.67. The van der Waals surface area contributed by atoms with Crippen molar-refractivity contribution in [3.8, 4) is 6.07 Å². The van der Waals surface area contributed by atoms with Crippen LogP contribution in [0, 0.1) is 11.3 Å². The van der Waals surface area contributed by atoms with Gasteiger partial charge in [0.2, 0.25) is 0 Å². The highest BCUT2D eigenvalue weighted by Crippen LogP contribution is 2.19. The lowest BCUT2D eigenvalue weighted by Crippen LogP contribution is -2.38. The first-order valence-electron chi connectivity index (χ1n) is 5.35. The second-order valence-electron chi connectivity index (χ2n) is 3.68. The van der Waals surface area contributed by atoms with E-state index < -0.39 is 12.0 Å². The highest BCUT2D eigenvalue weighted by Gasteiger charge is 2.30. The van der Waals surface area contributed by atoms with Crippen LogP contribution in [-0.2, 0) is 14.3 Å². The molecule has 0 aliphatic carbocycles. The molecule has 0 bridgehead atoms. The van der Waals surface area contributed by atoms with Crippen LogP contribution in [-0.4, -0.2) is 36.7 Å². The van der Waals surface area contributed by atoms with Gasteiger partial charge >= 0.3 is 0 Å². The number of ketones is 1. The van der Waals surface area contributed by atoms with Gasteiger partial charge in [0.1, 0.15) is 12.0 Å². The zero-order valence-corrected chi connectivity index (χ0v) is 9.20. The Morgan fingerprint density at radius 3 is 2.82 bits per heavy atom. The zero-order chi connectivity index (χ0) is 12.1. The maximum absolute atomic E-state index is 12.1. The Kier molecular flexibility index (Phi) is 3.81. The van der Waals surface area contributed by atoms with Gasteiger partial charge in [0.05, 0.1) is 25.9 Å². The van der Waals surface area contributed by atoms with Gasteiger partial charge in [0.25, 0.3) is 0 Å². The van der Waals surface area contributed by atoms with Crippen molar-refractivity contribution in [3.05, 3.63) is 30.1 Å². The van der Waals surface area contributed by atoms with Crippen LogP contribution in [0.3, 0.4) is 0 Å². The number of carbonyl (C=O) groups is 1. The summed E-state index contributed by atoms with van der Waals surface area (Å²) in [4.78, 5) is 15.9. The lowest BCUT2D eigenvalue weighted by molar-refractivity contribution is -0.145. The Bertz CT molecular complexity index is 421. The summed E-state index contributed by atoms with van der Waals surface area (Å²) in [7, 11) is 0. The second-order valence-corrected chi connectivity index (χ2v) is 3.68. The van der Waals surface area contributed by atoms with E-state index in [1.165, 1.54) is 0 Å². The van der Waals surface area contributed by atoms with Crippen LogP contribution in [0.1, 0.15) is 11.5 Å². The van der Waals surface area contributed by atoms with E-state index in [4.69, 9.17) is 14.7 Å². The Morgan fingerprint density at radius 1 is 1.47 bits per heavy atom. The van der Waals surface area contributed by atoms with Crippen LogP contribution in [0.5, 0.6) is 0 Å². The molecule has 0 saturated carbocycles. The first kappa shape index (κ1) is 11.7. The van der Waals surface area contributed by atoms with Crippen LogP contribution in [0.15, 0.2) is 24.5 Å². The fourth-order valence-corrected chi connectivity index (χ4v) is 1.70. The number of nitriles is 1. The van der Waals surface area contributed by atoms with Gasteiger partial charge in [-0.3, -0.25) is 9.78 Å². The molecule has 2 atom stereocenters.